The zero-order valence-electron chi connectivity index (χ0n) is 21.7. The van der Waals surface area contributed by atoms with Gasteiger partial charge >= 0.3 is 0 Å². The van der Waals surface area contributed by atoms with Crippen LogP contribution in [-0.4, -0.2) is 32.3 Å². The van der Waals surface area contributed by atoms with Crippen molar-refractivity contribution in [1.82, 2.24) is 9.62 Å². The Bertz CT molecular complexity index is 1350. The van der Waals surface area contributed by atoms with E-state index in [1.54, 1.807) is 30.3 Å². The summed E-state index contributed by atoms with van der Waals surface area (Å²) < 4.78 is 26.7. The number of likely N-dealkylation sites (tertiary alicyclic amines) is 1. The molecule has 198 valence electrons. The minimum atomic E-state index is -3.75. The number of nitrogens with one attached hydrogen (secondary N) is 1. The molecule has 5 nitrogen and oxygen atoms in total. The second-order valence-electron chi connectivity index (χ2n) is 10.8. The predicted octanol–water partition coefficient (Wildman–Crippen LogP) is 5.75. The zero-order chi connectivity index (χ0) is 26.4. The molecule has 0 radical (unpaired) electrons. The summed E-state index contributed by atoms with van der Waals surface area (Å²) in [5.74, 6) is 1.60. The van der Waals surface area contributed by atoms with E-state index in [4.69, 9.17) is 0 Å². The molecule has 0 aromatic heterocycles. The highest BCUT2D eigenvalue weighted by atomic mass is 32.2. The molecule has 1 aliphatic carbocycles. The van der Waals surface area contributed by atoms with Crippen LogP contribution in [0.4, 0.5) is 0 Å². The van der Waals surface area contributed by atoms with Crippen LogP contribution in [0.2, 0.25) is 0 Å². The standard InChI is InChI=1S/C32H36N2O3S/c35-32(33-38(36,37)24-27-8-3-1-4-9-27)15-14-25-10-7-11-28(20-25)23-34-18-16-26(17-19-34)21-30-22-31(30)29-12-5-2-6-13-29/h1-15,20,26,30-31H,16-19,21-24H2,(H,33,35)/b15-14+/t30-,31+/m1/s1. The number of hydrogen-bond donors (Lipinski definition) is 1. The van der Waals surface area contributed by atoms with Gasteiger partial charge < -0.3 is 0 Å². The Labute approximate surface area is 226 Å². The van der Waals surface area contributed by atoms with Crippen LogP contribution in [0.1, 0.15) is 53.9 Å². The molecule has 0 bridgehead atoms. The molecule has 1 amide bonds. The maximum atomic E-state index is 12.3. The van der Waals surface area contributed by atoms with Crippen molar-refractivity contribution in [3.63, 3.8) is 0 Å². The van der Waals surface area contributed by atoms with E-state index in [1.807, 2.05) is 18.2 Å². The molecule has 2 fully saturated rings. The van der Waals surface area contributed by atoms with Crippen LogP contribution in [0.3, 0.4) is 0 Å². The number of carbonyl (C=O) groups is 1. The van der Waals surface area contributed by atoms with Crippen molar-refractivity contribution in [3.05, 3.63) is 113 Å². The molecule has 6 heteroatoms. The van der Waals surface area contributed by atoms with Gasteiger partial charge in [0.05, 0.1) is 5.75 Å². The largest absolute Gasteiger partial charge is 0.299 e. The highest BCUT2D eigenvalue weighted by Crippen LogP contribution is 2.51. The number of benzene rings is 3. The molecule has 0 unspecified atom stereocenters. The van der Waals surface area contributed by atoms with E-state index in [0.717, 1.165) is 43.0 Å². The molecule has 1 saturated carbocycles. The third kappa shape index (κ3) is 7.65. The maximum absolute atomic E-state index is 12.3. The number of hydrogen-bond acceptors (Lipinski definition) is 4. The smallest absolute Gasteiger partial charge is 0.257 e. The van der Waals surface area contributed by atoms with E-state index < -0.39 is 15.9 Å². The second-order valence-corrected chi connectivity index (χ2v) is 12.5. The Morgan fingerprint density at radius 2 is 1.58 bits per heavy atom. The van der Waals surface area contributed by atoms with Crippen LogP contribution >= 0.6 is 0 Å². The second kappa shape index (κ2) is 12.1. The third-order valence-corrected chi connectivity index (χ3v) is 8.96. The van der Waals surface area contributed by atoms with Gasteiger partial charge in [-0.3, -0.25) is 9.69 Å². The van der Waals surface area contributed by atoms with E-state index in [-0.39, 0.29) is 5.75 Å². The van der Waals surface area contributed by atoms with Gasteiger partial charge in [-0.2, -0.15) is 0 Å². The molecular weight excluding hydrogens is 492 g/mol. The van der Waals surface area contributed by atoms with Crippen LogP contribution in [0.25, 0.3) is 6.08 Å². The molecule has 2 atom stereocenters. The average molecular weight is 529 g/mol. The maximum Gasteiger partial charge on any atom is 0.257 e. The van der Waals surface area contributed by atoms with Crippen molar-refractivity contribution in [2.24, 2.45) is 11.8 Å². The summed E-state index contributed by atoms with van der Waals surface area (Å²) >= 11 is 0. The van der Waals surface area contributed by atoms with Gasteiger partial charge in [-0.05, 0) is 84.9 Å². The Morgan fingerprint density at radius 3 is 2.32 bits per heavy atom. The summed E-state index contributed by atoms with van der Waals surface area (Å²) in [6.07, 6.45) is 8.18. The van der Waals surface area contributed by atoms with Gasteiger partial charge in [-0.15, -0.1) is 0 Å². The zero-order valence-corrected chi connectivity index (χ0v) is 22.5. The lowest BCUT2D eigenvalue weighted by Crippen LogP contribution is -2.33. The highest BCUT2D eigenvalue weighted by Gasteiger charge is 2.39. The first-order valence-corrected chi connectivity index (χ1v) is 15.2. The summed E-state index contributed by atoms with van der Waals surface area (Å²) in [5, 5.41) is 0. The summed E-state index contributed by atoms with van der Waals surface area (Å²) in [6, 6.07) is 27.9. The van der Waals surface area contributed by atoms with Crippen molar-refractivity contribution in [2.45, 2.75) is 43.9 Å². The SMILES string of the molecule is O=C(/C=C/c1cccc(CN2CCC(C[C@@H]3C[C@H]3c3ccccc3)CC2)c1)NS(=O)(=O)Cc1ccccc1. The van der Waals surface area contributed by atoms with Crippen molar-refractivity contribution in [1.29, 1.82) is 0 Å². The number of amides is 1. The average Bonchev–Trinajstić information content (AvgIpc) is 3.68. The monoisotopic (exact) mass is 528 g/mol. The minimum absolute atomic E-state index is 0.228. The van der Waals surface area contributed by atoms with E-state index in [9.17, 15) is 13.2 Å². The van der Waals surface area contributed by atoms with Crippen molar-refractivity contribution in [3.8, 4) is 0 Å². The molecule has 3 aromatic rings. The van der Waals surface area contributed by atoms with Gasteiger partial charge in [0.25, 0.3) is 5.91 Å². The fourth-order valence-electron chi connectivity index (χ4n) is 5.67. The molecule has 2 aliphatic rings. The van der Waals surface area contributed by atoms with Crippen LogP contribution in [0.15, 0.2) is 91.0 Å². The van der Waals surface area contributed by atoms with Crippen LogP contribution in [-0.2, 0) is 27.1 Å². The van der Waals surface area contributed by atoms with Crippen LogP contribution < -0.4 is 4.72 Å². The van der Waals surface area contributed by atoms with Gasteiger partial charge in [0.2, 0.25) is 10.0 Å². The number of carbonyl (C=O) groups excluding carboxylic acids is 1. The summed E-state index contributed by atoms with van der Waals surface area (Å²) in [4.78, 5) is 14.8. The number of sulfonamides is 1. The van der Waals surface area contributed by atoms with E-state index in [2.05, 4.69) is 52.1 Å². The van der Waals surface area contributed by atoms with Crippen molar-refractivity contribution in [2.75, 3.05) is 13.1 Å². The van der Waals surface area contributed by atoms with Gasteiger partial charge in [-0.1, -0.05) is 84.9 Å². The van der Waals surface area contributed by atoms with Crippen LogP contribution in [0.5, 0.6) is 0 Å². The number of rotatable bonds is 10. The lowest BCUT2D eigenvalue weighted by Gasteiger charge is -2.32. The molecule has 1 aliphatic heterocycles. The number of nitrogens with zero attached hydrogens (tertiary/aromatic N) is 1. The fourth-order valence-corrected chi connectivity index (χ4v) is 6.75. The van der Waals surface area contributed by atoms with Crippen molar-refractivity contribution < 1.29 is 13.2 Å². The highest BCUT2D eigenvalue weighted by molar-refractivity contribution is 7.89. The lowest BCUT2D eigenvalue weighted by molar-refractivity contribution is -0.114. The normalized spacial score (nSPS) is 20.4. The molecule has 38 heavy (non-hydrogen) atoms. The molecule has 1 saturated heterocycles. The molecule has 1 heterocycles. The molecule has 5 rings (SSSR count). The van der Waals surface area contributed by atoms with Gasteiger partial charge in [-0.25, -0.2) is 13.1 Å². The van der Waals surface area contributed by atoms with E-state index >= 15 is 0 Å². The Kier molecular flexibility index (Phi) is 8.40. The summed E-state index contributed by atoms with van der Waals surface area (Å²) in [7, 11) is -3.75. The Balaban J connectivity index is 1.06. The van der Waals surface area contributed by atoms with E-state index in [0.29, 0.717) is 5.56 Å². The third-order valence-electron chi connectivity index (χ3n) is 7.73. The predicted molar refractivity (Wildman–Crippen MR) is 153 cm³/mol. The van der Waals surface area contributed by atoms with Gasteiger partial charge in [0, 0.05) is 12.6 Å². The van der Waals surface area contributed by atoms with Gasteiger partial charge in [0.15, 0.2) is 0 Å². The van der Waals surface area contributed by atoms with Crippen molar-refractivity contribution >= 4 is 22.0 Å². The van der Waals surface area contributed by atoms with Crippen LogP contribution in [0, 0.1) is 11.8 Å². The molecule has 0 spiro atoms. The Hall–Kier alpha value is -3.22. The molecular formula is C32H36N2O3S. The first-order chi connectivity index (χ1) is 18.4. The summed E-state index contributed by atoms with van der Waals surface area (Å²) in [5.41, 5.74) is 4.23. The minimum Gasteiger partial charge on any atom is -0.299 e. The first kappa shape index (κ1) is 26.4. The first-order valence-electron chi connectivity index (χ1n) is 13.6. The fraction of sp³-hybridized carbons (Fsp3) is 0.344. The molecule has 1 N–H and O–H groups in total. The quantitative estimate of drug-likeness (QED) is 0.340. The summed E-state index contributed by atoms with van der Waals surface area (Å²) in [6.45, 7) is 3.13. The molecule has 3 aromatic carbocycles. The Morgan fingerprint density at radius 1 is 0.895 bits per heavy atom. The number of piperidine rings is 1. The topological polar surface area (TPSA) is 66.5 Å². The van der Waals surface area contributed by atoms with E-state index in [1.165, 1.54) is 42.9 Å². The lowest BCUT2D eigenvalue weighted by atomic mass is 9.90. The van der Waals surface area contributed by atoms with Gasteiger partial charge in [0.1, 0.15) is 0 Å².